The fourth-order valence-corrected chi connectivity index (χ4v) is 2.35. The van der Waals surface area contributed by atoms with Crippen LogP contribution in [0.15, 0.2) is 0 Å². The summed E-state index contributed by atoms with van der Waals surface area (Å²) in [5.74, 6) is 0. The van der Waals surface area contributed by atoms with Crippen molar-refractivity contribution in [2.75, 3.05) is 26.2 Å². The van der Waals surface area contributed by atoms with E-state index in [1.165, 1.54) is 18.7 Å². The van der Waals surface area contributed by atoms with Crippen molar-refractivity contribution in [3.8, 4) is 0 Å². The second-order valence-electron chi connectivity index (χ2n) is 4.57. The van der Waals surface area contributed by atoms with Gasteiger partial charge in [-0.3, -0.25) is 0 Å². The maximum atomic E-state index is 4.26. The minimum atomic E-state index is 0.877. The number of fused-ring (bicyclic) bond motifs is 1. The molecule has 0 saturated carbocycles. The van der Waals surface area contributed by atoms with Gasteiger partial charge in [-0.25, -0.2) is 4.68 Å². The van der Waals surface area contributed by atoms with E-state index in [4.69, 9.17) is 0 Å². The Morgan fingerprint density at radius 3 is 3.00 bits per heavy atom. The van der Waals surface area contributed by atoms with Crippen LogP contribution in [0.1, 0.15) is 31.7 Å². The topological polar surface area (TPSA) is 46.0 Å². The SMILES string of the molecule is CCCN(CC)CCn1nnc2c1CCNC2. The fraction of sp³-hybridized carbons (Fsp3) is 0.833. The van der Waals surface area contributed by atoms with Crippen LogP contribution in [-0.4, -0.2) is 46.1 Å². The van der Waals surface area contributed by atoms with Gasteiger partial charge in [-0.2, -0.15) is 0 Å². The van der Waals surface area contributed by atoms with Gasteiger partial charge in [0.25, 0.3) is 0 Å². The summed E-state index contributed by atoms with van der Waals surface area (Å²) < 4.78 is 2.09. The van der Waals surface area contributed by atoms with E-state index in [0.717, 1.165) is 44.8 Å². The highest BCUT2D eigenvalue weighted by Gasteiger charge is 2.16. The van der Waals surface area contributed by atoms with E-state index in [2.05, 4.69) is 39.1 Å². The van der Waals surface area contributed by atoms with Crippen molar-refractivity contribution in [2.24, 2.45) is 0 Å². The lowest BCUT2D eigenvalue weighted by molar-refractivity contribution is 0.269. The third-order valence-electron chi connectivity index (χ3n) is 3.36. The highest BCUT2D eigenvalue weighted by atomic mass is 15.4. The Labute approximate surface area is 103 Å². The second-order valence-corrected chi connectivity index (χ2v) is 4.57. The van der Waals surface area contributed by atoms with Gasteiger partial charge in [0.05, 0.1) is 17.9 Å². The summed E-state index contributed by atoms with van der Waals surface area (Å²) in [6.07, 6.45) is 2.27. The molecule has 17 heavy (non-hydrogen) atoms. The lowest BCUT2D eigenvalue weighted by atomic mass is 10.2. The molecule has 1 aromatic rings. The van der Waals surface area contributed by atoms with Crippen LogP contribution in [0.5, 0.6) is 0 Å². The van der Waals surface area contributed by atoms with Crippen LogP contribution in [-0.2, 0) is 19.5 Å². The standard InChI is InChI=1S/C12H23N5/c1-3-7-16(4-2)8-9-17-12-5-6-13-10-11(12)14-15-17/h13H,3-10H2,1-2H3. The molecule has 0 saturated heterocycles. The van der Waals surface area contributed by atoms with Crippen LogP contribution >= 0.6 is 0 Å². The molecular formula is C12H23N5. The summed E-state index contributed by atoms with van der Waals surface area (Å²) >= 11 is 0. The van der Waals surface area contributed by atoms with E-state index in [9.17, 15) is 0 Å². The molecule has 0 aromatic carbocycles. The molecule has 0 radical (unpaired) electrons. The molecule has 1 N–H and O–H groups in total. The third-order valence-corrected chi connectivity index (χ3v) is 3.36. The predicted octanol–water partition coefficient (Wildman–Crippen LogP) is 0.656. The summed E-state index contributed by atoms with van der Waals surface area (Å²) in [6, 6.07) is 0. The van der Waals surface area contributed by atoms with E-state index >= 15 is 0 Å². The van der Waals surface area contributed by atoms with Crippen LogP contribution in [0.4, 0.5) is 0 Å². The Kier molecular flexibility index (Phi) is 4.50. The normalized spacial score (nSPS) is 15.2. The molecule has 0 amide bonds. The molecule has 1 aromatic heterocycles. The summed E-state index contributed by atoms with van der Waals surface area (Å²) in [7, 11) is 0. The van der Waals surface area contributed by atoms with Crippen molar-refractivity contribution in [1.29, 1.82) is 0 Å². The summed E-state index contributed by atoms with van der Waals surface area (Å²) in [6.45, 7) is 10.7. The molecule has 2 rings (SSSR count). The van der Waals surface area contributed by atoms with Crippen molar-refractivity contribution in [2.45, 2.75) is 39.8 Å². The maximum absolute atomic E-state index is 4.26. The molecule has 1 aliphatic rings. The lowest BCUT2D eigenvalue weighted by Crippen LogP contribution is -2.30. The number of nitrogens with zero attached hydrogens (tertiary/aromatic N) is 4. The second kappa shape index (κ2) is 6.12. The van der Waals surface area contributed by atoms with Crippen molar-refractivity contribution < 1.29 is 0 Å². The van der Waals surface area contributed by atoms with Crippen LogP contribution < -0.4 is 5.32 Å². The number of aromatic nitrogens is 3. The number of likely N-dealkylation sites (N-methyl/N-ethyl adjacent to an activating group) is 1. The van der Waals surface area contributed by atoms with Crippen molar-refractivity contribution in [3.05, 3.63) is 11.4 Å². The van der Waals surface area contributed by atoms with E-state index in [-0.39, 0.29) is 0 Å². The molecule has 2 heterocycles. The van der Waals surface area contributed by atoms with Gasteiger partial charge in [0, 0.05) is 26.1 Å². The van der Waals surface area contributed by atoms with Gasteiger partial charge in [-0.05, 0) is 19.5 Å². The van der Waals surface area contributed by atoms with Crippen LogP contribution in [0, 0.1) is 0 Å². The average molecular weight is 237 g/mol. The number of hydrogen-bond acceptors (Lipinski definition) is 4. The molecule has 1 aliphatic heterocycles. The van der Waals surface area contributed by atoms with Crippen LogP contribution in [0.25, 0.3) is 0 Å². The minimum absolute atomic E-state index is 0.877. The predicted molar refractivity (Wildman–Crippen MR) is 67.8 cm³/mol. The van der Waals surface area contributed by atoms with E-state index < -0.39 is 0 Å². The molecule has 0 atom stereocenters. The molecule has 0 aliphatic carbocycles. The van der Waals surface area contributed by atoms with Gasteiger partial charge >= 0.3 is 0 Å². The van der Waals surface area contributed by atoms with Gasteiger partial charge in [0.1, 0.15) is 0 Å². The van der Waals surface area contributed by atoms with Crippen molar-refractivity contribution in [3.63, 3.8) is 0 Å². The monoisotopic (exact) mass is 237 g/mol. The first-order valence-electron chi connectivity index (χ1n) is 6.69. The molecule has 0 fully saturated rings. The minimum Gasteiger partial charge on any atom is -0.311 e. The van der Waals surface area contributed by atoms with Gasteiger partial charge in [0.15, 0.2) is 0 Å². The fourth-order valence-electron chi connectivity index (χ4n) is 2.35. The average Bonchev–Trinajstić information content (AvgIpc) is 2.78. The Balaban J connectivity index is 1.92. The van der Waals surface area contributed by atoms with E-state index in [1.807, 2.05) is 0 Å². The highest BCUT2D eigenvalue weighted by Crippen LogP contribution is 2.10. The van der Waals surface area contributed by atoms with Crippen molar-refractivity contribution in [1.82, 2.24) is 25.2 Å². The number of hydrogen-bond donors (Lipinski definition) is 1. The maximum Gasteiger partial charge on any atom is 0.0997 e. The first-order chi connectivity index (χ1) is 8.35. The lowest BCUT2D eigenvalue weighted by Gasteiger charge is -2.20. The van der Waals surface area contributed by atoms with Gasteiger partial charge in [-0.1, -0.05) is 19.1 Å². The molecular weight excluding hydrogens is 214 g/mol. The van der Waals surface area contributed by atoms with Gasteiger partial charge < -0.3 is 10.2 Å². The first kappa shape index (κ1) is 12.5. The Morgan fingerprint density at radius 1 is 1.35 bits per heavy atom. The summed E-state index contributed by atoms with van der Waals surface area (Å²) in [5, 5.41) is 11.8. The Morgan fingerprint density at radius 2 is 2.24 bits per heavy atom. The Bertz CT molecular complexity index is 347. The highest BCUT2D eigenvalue weighted by molar-refractivity contribution is 5.13. The van der Waals surface area contributed by atoms with Crippen LogP contribution in [0.2, 0.25) is 0 Å². The summed E-state index contributed by atoms with van der Waals surface area (Å²) in [4.78, 5) is 2.47. The van der Waals surface area contributed by atoms with Crippen LogP contribution in [0.3, 0.4) is 0 Å². The number of rotatable bonds is 6. The van der Waals surface area contributed by atoms with Crippen molar-refractivity contribution >= 4 is 0 Å². The number of nitrogens with one attached hydrogen (secondary N) is 1. The molecule has 5 heteroatoms. The Hall–Kier alpha value is -0.940. The smallest absolute Gasteiger partial charge is 0.0997 e. The molecule has 5 nitrogen and oxygen atoms in total. The molecule has 0 unspecified atom stereocenters. The molecule has 0 spiro atoms. The quantitative estimate of drug-likeness (QED) is 0.789. The first-order valence-corrected chi connectivity index (χ1v) is 6.69. The van der Waals surface area contributed by atoms with E-state index in [1.54, 1.807) is 0 Å². The third kappa shape index (κ3) is 3.04. The molecule has 0 bridgehead atoms. The van der Waals surface area contributed by atoms with E-state index in [0.29, 0.717) is 0 Å². The summed E-state index contributed by atoms with van der Waals surface area (Å²) in [5.41, 5.74) is 2.46. The molecule has 96 valence electrons. The zero-order chi connectivity index (χ0) is 12.1. The van der Waals surface area contributed by atoms with Gasteiger partial charge in [-0.15, -0.1) is 5.10 Å². The largest absolute Gasteiger partial charge is 0.311 e. The zero-order valence-electron chi connectivity index (χ0n) is 10.9. The zero-order valence-corrected chi connectivity index (χ0v) is 10.9. The van der Waals surface area contributed by atoms with Gasteiger partial charge in [0.2, 0.25) is 0 Å².